The Labute approximate surface area is 292 Å². The first kappa shape index (κ1) is 28.5. The Balaban J connectivity index is 0.949. The smallest absolute Gasteiger partial charge is 0.0958 e. The number of hydrogen-bond acceptors (Lipinski definition) is 4. The van der Waals surface area contributed by atoms with Crippen LogP contribution >= 0.6 is 0 Å². The molecule has 0 saturated carbocycles. The molecule has 10 rings (SSSR count). The van der Waals surface area contributed by atoms with Crippen LogP contribution in [0.1, 0.15) is 0 Å². The molecule has 4 heteroatoms. The normalized spacial score (nSPS) is 19.0. The number of rotatable bonds is 5. The molecule has 4 nitrogen and oxygen atoms in total. The topological polar surface area (TPSA) is 13.0 Å². The molecule has 0 amide bonds. The van der Waals surface area contributed by atoms with Gasteiger partial charge in [0, 0.05) is 12.4 Å². The quantitative estimate of drug-likeness (QED) is 0.185. The van der Waals surface area contributed by atoms with Crippen LogP contribution in [0.3, 0.4) is 0 Å². The van der Waals surface area contributed by atoms with Crippen LogP contribution in [-0.4, -0.2) is 12.1 Å². The van der Waals surface area contributed by atoms with E-state index in [1.165, 1.54) is 43.8 Å². The van der Waals surface area contributed by atoms with Gasteiger partial charge >= 0.3 is 0 Å². The van der Waals surface area contributed by atoms with E-state index in [1.807, 2.05) is 0 Å². The molecule has 50 heavy (non-hydrogen) atoms. The largest absolute Gasteiger partial charge is 0.270 e. The molecule has 238 valence electrons. The molecular formula is C46H34N4. The van der Waals surface area contributed by atoms with E-state index in [2.05, 4.69) is 215 Å². The minimum absolute atomic E-state index is 0.143. The van der Waals surface area contributed by atoms with E-state index in [-0.39, 0.29) is 12.1 Å². The van der Waals surface area contributed by atoms with Crippen molar-refractivity contribution in [1.29, 1.82) is 0 Å². The zero-order chi connectivity index (χ0) is 33.0. The summed E-state index contributed by atoms with van der Waals surface area (Å²) in [6.45, 7) is 0. The molecule has 0 fully saturated rings. The first-order valence-electron chi connectivity index (χ1n) is 17.2. The lowest BCUT2D eigenvalue weighted by Gasteiger charge is -2.35. The molecule has 2 atom stereocenters. The van der Waals surface area contributed by atoms with E-state index in [1.54, 1.807) is 0 Å². The maximum atomic E-state index is 2.39. The number of hydrazine groups is 2. The Morgan fingerprint density at radius 3 is 1.20 bits per heavy atom. The molecule has 0 saturated heterocycles. The standard InChI is InChI=1S/C46H34N4/c1-3-11-37-29-43(27-21-33(37)9-1)47-31-39-13-5-7-15-45(39)49(47)41-23-17-35(18-24-41)36-19-25-42(26-20-36)50-46-16-8-6-14-40(46)32-48(50)44-28-22-34-10-2-4-12-38(34)30-44/h1-32,45-46H. The number of hydrogen-bond donors (Lipinski definition) is 0. The summed E-state index contributed by atoms with van der Waals surface area (Å²) >= 11 is 0. The predicted octanol–water partition coefficient (Wildman–Crippen LogP) is 10.9. The second-order valence-corrected chi connectivity index (χ2v) is 13.2. The van der Waals surface area contributed by atoms with Gasteiger partial charge in [0.2, 0.25) is 0 Å². The summed E-state index contributed by atoms with van der Waals surface area (Å²) in [5.74, 6) is 0. The van der Waals surface area contributed by atoms with Crippen LogP contribution in [0.5, 0.6) is 0 Å². The van der Waals surface area contributed by atoms with Crippen molar-refractivity contribution in [1.82, 2.24) is 0 Å². The highest BCUT2D eigenvalue weighted by Gasteiger charge is 2.34. The minimum Gasteiger partial charge on any atom is -0.270 e. The third-order valence-electron chi connectivity index (χ3n) is 10.2. The van der Waals surface area contributed by atoms with Gasteiger partial charge in [0.05, 0.1) is 34.8 Å². The van der Waals surface area contributed by atoms with E-state index >= 15 is 0 Å². The third kappa shape index (κ3) is 4.76. The van der Waals surface area contributed by atoms with Crippen LogP contribution in [-0.2, 0) is 0 Å². The van der Waals surface area contributed by atoms with Crippen LogP contribution in [0, 0.1) is 0 Å². The highest BCUT2D eigenvalue weighted by atomic mass is 15.7. The molecule has 0 N–H and O–H groups in total. The maximum absolute atomic E-state index is 2.39. The number of nitrogens with zero attached hydrogens (tertiary/aromatic N) is 4. The Kier molecular flexibility index (Phi) is 6.59. The molecule has 0 aromatic heterocycles. The predicted molar refractivity (Wildman–Crippen MR) is 210 cm³/mol. The van der Waals surface area contributed by atoms with Gasteiger partial charge in [-0.2, -0.15) is 0 Å². The van der Waals surface area contributed by atoms with Gasteiger partial charge in [-0.3, -0.25) is 20.0 Å². The van der Waals surface area contributed by atoms with E-state index in [0.717, 1.165) is 22.7 Å². The summed E-state index contributed by atoms with van der Waals surface area (Å²) in [5.41, 5.74) is 9.52. The van der Waals surface area contributed by atoms with Gasteiger partial charge in [0.15, 0.2) is 0 Å². The van der Waals surface area contributed by atoms with Crippen molar-refractivity contribution in [2.75, 3.05) is 20.0 Å². The lowest BCUT2D eigenvalue weighted by Crippen LogP contribution is -2.41. The second kappa shape index (κ2) is 11.6. The second-order valence-electron chi connectivity index (χ2n) is 13.2. The van der Waals surface area contributed by atoms with E-state index in [4.69, 9.17) is 0 Å². The fraction of sp³-hybridized carbons (Fsp3) is 0.0435. The third-order valence-corrected chi connectivity index (χ3v) is 10.2. The molecule has 2 heterocycles. The summed E-state index contributed by atoms with van der Waals surface area (Å²) < 4.78 is 0. The van der Waals surface area contributed by atoms with Crippen molar-refractivity contribution >= 4 is 44.3 Å². The van der Waals surface area contributed by atoms with Gasteiger partial charge in [-0.1, -0.05) is 134 Å². The Morgan fingerprint density at radius 2 is 0.760 bits per heavy atom. The summed E-state index contributed by atoms with van der Waals surface area (Å²) in [5, 5.41) is 14.3. The molecule has 0 spiro atoms. The Bertz CT molecular complexity index is 2290. The summed E-state index contributed by atoms with van der Waals surface area (Å²) in [6, 6.07) is 48.8. The van der Waals surface area contributed by atoms with Crippen molar-refractivity contribution in [2.45, 2.75) is 12.1 Å². The molecule has 0 bridgehead atoms. The zero-order valence-electron chi connectivity index (χ0n) is 27.4. The van der Waals surface area contributed by atoms with Gasteiger partial charge in [0.25, 0.3) is 0 Å². The van der Waals surface area contributed by atoms with Crippen LogP contribution < -0.4 is 20.0 Å². The van der Waals surface area contributed by atoms with Crippen LogP contribution in [0.25, 0.3) is 32.7 Å². The van der Waals surface area contributed by atoms with Crippen molar-refractivity contribution in [3.05, 3.63) is 206 Å². The number of allylic oxidation sites excluding steroid dienone is 4. The molecule has 4 aliphatic rings. The Hall–Kier alpha value is -6.52. The lowest BCUT2D eigenvalue weighted by molar-refractivity contribution is 0.821. The molecular weight excluding hydrogens is 609 g/mol. The van der Waals surface area contributed by atoms with Crippen molar-refractivity contribution in [3.63, 3.8) is 0 Å². The molecule has 6 aromatic carbocycles. The first-order valence-corrected chi connectivity index (χ1v) is 17.2. The number of benzene rings is 6. The van der Waals surface area contributed by atoms with E-state index < -0.39 is 0 Å². The molecule has 6 aromatic rings. The van der Waals surface area contributed by atoms with Gasteiger partial charge in [-0.25, -0.2) is 0 Å². The van der Waals surface area contributed by atoms with Crippen LogP contribution in [0.4, 0.5) is 22.7 Å². The van der Waals surface area contributed by atoms with E-state index in [0.29, 0.717) is 0 Å². The van der Waals surface area contributed by atoms with Crippen molar-refractivity contribution in [2.24, 2.45) is 0 Å². The van der Waals surface area contributed by atoms with Gasteiger partial charge in [0.1, 0.15) is 0 Å². The SMILES string of the molecule is C1=CC2=CN(c3ccc4ccccc4c3)N(c3ccc(-c4ccc(N5C6C=CC=CC6=CN5c5ccc6ccccc6c5)cc4)cc3)C2C=C1. The van der Waals surface area contributed by atoms with Crippen LogP contribution in [0.2, 0.25) is 0 Å². The summed E-state index contributed by atoms with van der Waals surface area (Å²) in [6.07, 6.45) is 22.0. The molecule has 0 radical (unpaired) electrons. The van der Waals surface area contributed by atoms with Crippen molar-refractivity contribution in [3.8, 4) is 11.1 Å². The van der Waals surface area contributed by atoms with Crippen LogP contribution in [0.15, 0.2) is 206 Å². The summed E-state index contributed by atoms with van der Waals surface area (Å²) in [4.78, 5) is 0. The minimum atomic E-state index is 0.143. The monoisotopic (exact) mass is 642 g/mol. The number of fused-ring (bicyclic) bond motifs is 4. The highest BCUT2D eigenvalue weighted by molar-refractivity contribution is 5.88. The lowest BCUT2D eigenvalue weighted by atomic mass is 10.0. The fourth-order valence-electron chi connectivity index (χ4n) is 7.67. The molecule has 2 unspecified atom stereocenters. The van der Waals surface area contributed by atoms with Crippen molar-refractivity contribution < 1.29 is 0 Å². The van der Waals surface area contributed by atoms with Gasteiger partial charge in [-0.15, -0.1) is 0 Å². The van der Waals surface area contributed by atoms with Gasteiger partial charge in [-0.05, 0) is 92.3 Å². The number of anilines is 4. The maximum Gasteiger partial charge on any atom is 0.0958 e. The highest BCUT2D eigenvalue weighted by Crippen LogP contribution is 2.40. The van der Waals surface area contributed by atoms with Gasteiger partial charge < -0.3 is 0 Å². The average molecular weight is 643 g/mol. The fourth-order valence-corrected chi connectivity index (χ4v) is 7.67. The molecule has 2 aliphatic carbocycles. The molecule has 2 aliphatic heterocycles. The average Bonchev–Trinajstić information content (AvgIpc) is 3.77. The summed E-state index contributed by atoms with van der Waals surface area (Å²) in [7, 11) is 0. The zero-order valence-corrected chi connectivity index (χ0v) is 27.4. The first-order chi connectivity index (χ1) is 24.8. The Morgan fingerprint density at radius 1 is 0.360 bits per heavy atom. The van der Waals surface area contributed by atoms with E-state index in [9.17, 15) is 0 Å².